The molecular formula is C9H21NO3S. The number of unbranched alkanes of at least 4 members (excludes halogenated alkanes) is 2. The molecule has 5 heteroatoms. The van der Waals surface area contributed by atoms with Gasteiger partial charge in [0.15, 0.2) is 0 Å². The molecule has 86 valence electrons. The maximum Gasteiger partial charge on any atom is 0.285 e. The molecule has 0 saturated heterocycles. The summed E-state index contributed by atoms with van der Waals surface area (Å²) >= 11 is 0. The van der Waals surface area contributed by atoms with Gasteiger partial charge >= 0.3 is 0 Å². The predicted molar refractivity (Wildman–Crippen MR) is 57.0 cm³/mol. The van der Waals surface area contributed by atoms with Gasteiger partial charge in [-0.15, -0.1) is 0 Å². The van der Waals surface area contributed by atoms with Crippen molar-refractivity contribution in [2.24, 2.45) is 11.8 Å². The third-order valence-corrected chi connectivity index (χ3v) is 4.30. The van der Waals surface area contributed by atoms with Gasteiger partial charge in [-0.05, 0) is 19.3 Å². The molecule has 4 nitrogen and oxygen atoms in total. The second-order valence-electron chi connectivity index (χ2n) is 3.77. The van der Waals surface area contributed by atoms with Crippen LogP contribution in [0.5, 0.6) is 0 Å². The minimum absolute atomic E-state index is 0.0927. The van der Waals surface area contributed by atoms with Gasteiger partial charge in [0.1, 0.15) is 0 Å². The van der Waals surface area contributed by atoms with Crippen LogP contribution < -0.4 is 5.90 Å². The van der Waals surface area contributed by atoms with Crippen molar-refractivity contribution in [1.29, 1.82) is 0 Å². The van der Waals surface area contributed by atoms with E-state index in [2.05, 4.69) is 11.2 Å². The molecule has 0 aliphatic carbocycles. The zero-order valence-corrected chi connectivity index (χ0v) is 10.0. The minimum atomic E-state index is -3.56. The highest BCUT2D eigenvalue weighted by Gasteiger charge is 2.26. The standard InChI is InChI=1S/C9H21NO3S/c1-4-5-6-7-8(2)9(3)14(11,12)13-10/h8-9H,4-7,10H2,1-3H3. The van der Waals surface area contributed by atoms with E-state index in [9.17, 15) is 8.42 Å². The predicted octanol–water partition coefficient (Wildman–Crippen LogP) is 1.81. The van der Waals surface area contributed by atoms with Gasteiger partial charge in [-0.25, -0.2) is 0 Å². The summed E-state index contributed by atoms with van der Waals surface area (Å²) in [6.45, 7) is 5.67. The molecule has 0 aromatic heterocycles. The van der Waals surface area contributed by atoms with E-state index in [4.69, 9.17) is 5.90 Å². The van der Waals surface area contributed by atoms with Crippen molar-refractivity contribution in [2.75, 3.05) is 0 Å². The van der Waals surface area contributed by atoms with Crippen LogP contribution in [0.15, 0.2) is 0 Å². The molecule has 2 atom stereocenters. The van der Waals surface area contributed by atoms with Gasteiger partial charge in [0.2, 0.25) is 0 Å². The average molecular weight is 223 g/mol. The molecule has 0 aromatic carbocycles. The summed E-state index contributed by atoms with van der Waals surface area (Å²) in [5.74, 6) is 4.80. The van der Waals surface area contributed by atoms with E-state index in [0.29, 0.717) is 0 Å². The van der Waals surface area contributed by atoms with Crippen LogP contribution in [0.4, 0.5) is 0 Å². The Hall–Kier alpha value is -0.130. The Labute approximate surface area is 86.9 Å². The smallest absolute Gasteiger partial charge is 0.198 e. The lowest BCUT2D eigenvalue weighted by Gasteiger charge is -2.17. The third kappa shape index (κ3) is 4.39. The molecule has 0 aliphatic heterocycles. The highest BCUT2D eigenvalue weighted by Crippen LogP contribution is 2.19. The summed E-state index contributed by atoms with van der Waals surface area (Å²) in [6, 6.07) is 0. The van der Waals surface area contributed by atoms with Crippen molar-refractivity contribution in [3.63, 3.8) is 0 Å². The van der Waals surface area contributed by atoms with Gasteiger partial charge in [-0.1, -0.05) is 33.1 Å². The van der Waals surface area contributed by atoms with Crippen molar-refractivity contribution in [3.8, 4) is 0 Å². The monoisotopic (exact) mass is 223 g/mol. The van der Waals surface area contributed by atoms with E-state index in [1.165, 1.54) is 0 Å². The first-order valence-electron chi connectivity index (χ1n) is 5.07. The van der Waals surface area contributed by atoms with E-state index in [1.54, 1.807) is 6.92 Å². The normalized spacial score (nSPS) is 16.6. The summed E-state index contributed by atoms with van der Waals surface area (Å²) in [7, 11) is -3.56. The van der Waals surface area contributed by atoms with Crippen LogP contribution >= 0.6 is 0 Å². The number of hydrogen-bond acceptors (Lipinski definition) is 4. The van der Waals surface area contributed by atoms with Crippen LogP contribution in [0.25, 0.3) is 0 Å². The summed E-state index contributed by atoms with van der Waals surface area (Å²) in [6.07, 6.45) is 4.24. The molecular weight excluding hydrogens is 202 g/mol. The molecule has 0 spiro atoms. The lowest BCUT2D eigenvalue weighted by molar-refractivity contribution is 0.315. The van der Waals surface area contributed by atoms with Crippen molar-refractivity contribution < 1.29 is 12.7 Å². The van der Waals surface area contributed by atoms with E-state index in [1.807, 2.05) is 6.92 Å². The Morgan fingerprint density at radius 2 is 1.86 bits per heavy atom. The van der Waals surface area contributed by atoms with Crippen LogP contribution in [-0.2, 0) is 14.4 Å². The molecule has 0 fully saturated rings. The van der Waals surface area contributed by atoms with Gasteiger partial charge in [0.25, 0.3) is 10.1 Å². The second kappa shape index (κ2) is 6.37. The van der Waals surface area contributed by atoms with Gasteiger partial charge in [-0.2, -0.15) is 18.6 Å². The molecule has 2 N–H and O–H groups in total. The Kier molecular flexibility index (Phi) is 6.31. The Morgan fingerprint density at radius 1 is 1.29 bits per heavy atom. The van der Waals surface area contributed by atoms with E-state index >= 15 is 0 Å². The first-order valence-corrected chi connectivity index (χ1v) is 6.55. The molecule has 0 saturated carbocycles. The lowest BCUT2D eigenvalue weighted by atomic mass is 10.0. The van der Waals surface area contributed by atoms with Crippen LogP contribution in [0.2, 0.25) is 0 Å². The molecule has 0 rings (SSSR count). The zero-order valence-electron chi connectivity index (χ0n) is 9.19. The third-order valence-electron chi connectivity index (χ3n) is 2.65. The van der Waals surface area contributed by atoms with Crippen LogP contribution in [0.1, 0.15) is 46.5 Å². The van der Waals surface area contributed by atoms with Crippen molar-refractivity contribution in [2.45, 2.75) is 51.7 Å². The van der Waals surface area contributed by atoms with Crippen molar-refractivity contribution in [1.82, 2.24) is 0 Å². The molecule has 0 heterocycles. The highest BCUT2D eigenvalue weighted by molar-refractivity contribution is 7.87. The molecule has 0 aromatic rings. The molecule has 2 unspecified atom stereocenters. The number of nitrogens with two attached hydrogens (primary N) is 1. The molecule has 14 heavy (non-hydrogen) atoms. The average Bonchev–Trinajstić information content (AvgIpc) is 2.17. The fourth-order valence-corrected chi connectivity index (χ4v) is 2.20. The highest BCUT2D eigenvalue weighted by atomic mass is 32.2. The summed E-state index contributed by atoms with van der Waals surface area (Å²) in [4.78, 5) is 0. The SMILES string of the molecule is CCCCCC(C)C(C)S(=O)(=O)ON. The summed E-state index contributed by atoms with van der Waals surface area (Å²) in [5, 5.41) is -0.524. The second-order valence-corrected chi connectivity index (χ2v) is 5.69. The van der Waals surface area contributed by atoms with Gasteiger partial charge in [0, 0.05) is 0 Å². The maximum absolute atomic E-state index is 11.2. The molecule has 0 bridgehead atoms. The Morgan fingerprint density at radius 3 is 2.29 bits per heavy atom. The van der Waals surface area contributed by atoms with Gasteiger partial charge in [-0.3, -0.25) is 0 Å². The van der Waals surface area contributed by atoms with Crippen LogP contribution in [0, 0.1) is 5.92 Å². The van der Waals surface area contributed by atoms with Gasteiger partial charge in [0.05, 0.1) is 5.25 Å². The Balaban J connectivity index is 4.05. The zero-order chi connectivity index (χ0) is 11.2. The lowest BCUT2D eigenvalue weighted by Crippen LogP contribution is -2.29. The minimum Gasteiger partial charge on any atom is -0.198 e. The molecule has 0 amide bonds. The fourth-order valence-electron chi connectivity index (χ4n) is 1.32. The first kappa shape index (κ1) is 13.9. The van der Waals surface area contributed by atoms with E-state index in [-0.39, 0.29) is 5.92 Å². The Bertz CT molecular complexity index is 238. The van der Waals surface area contributed by atoms with Crippen LogP contribution in [-0.4, -0.2) is 13.7 Å². The number of rotatable bonds is 7. The van der Waals surface area contributed by atoms with Gasteiger partial charge < -0.3 is 0 Å². The number of hydrogen-bond donors (Lipinski definition) is 1. The van der Waals surface area contributed by atoms with Crippen molar-refractivity contribution in [3.05, 3.63) is 0 Å². The quantitative estimate of drug-likeness (QED) is 0.528. The topological polar surface area (TPSA) is 69.4 Å². The largest absolute Gasteiger partial charge is 0.285 e. The van der Waals surface area contributed by atoms with E-state index < -0.39 is 15.4 Å². The maximum atomic E-state index is 11.2. The molecule has 0 radical (unpaired) electrons. The van der Waals surface area contributed by atoms with E-state index in [0.717, 1.165) is 25.7 Å². The van der Waals surface area contributed by atoms with Crippen molar-refractivity contribution >= 4 is 10.1 Å². The fraction of sp³-hybridized carbons (Fsp3) is 1.00. The molecule has 0 aliphatic rings. The van der Waals surface area contributed by atoms with Crippen LogP contribution in [0.3, 0.4) is 0 Å². The summed E-state index contributed by atoms with van der Waals surface area (Å²) < 4.78 is 26.5. The summed E-state index contributed by atoms with van der Waals surface area (Å²) in [5.41, 5.74) is 0. The first-order chi connectivity index (χ1) is 6.45.